The maximum absolute atomic E-state index is 12.8. The lowest BCUT2D eigenvalue weighted by Crippen LogP contribution is -2.46. The van der Waals surface area contributed by atoms with Crippen LogP contribution in [0.1, 0.15) is 34.1 Å². The first-order valence-electron chi connectivity index (χ1n) is 9.11. The molecule has 0 saturated heterocycles. The van der Waals surface area contributed by atoms with Gasteiger partial charge in [0.15, 0.2) is 6.61 Å². The Morgan fingerprint density at radius 1 is 1.30 bits per heavy atom. The Balaban J connectivity index is 2.37. The number of carbonyl (C=O) groups is 2. The lowest BCUT2D eigenvalue weighted by Gasteiger charge is -2.30. The van der Waals surface area contributed by atoms with Crippen LogP contribution < -0.4 is 15.0 Å². The lowest BCUT2D eigenvalue weighted by molar-refractivity contribution is -0.125. The van der Waals surface area contributed by atoms with Crippen LogP contribution in [0.5, 0.6) is 5.75 Å². The van der Waals surface area contributed by atoms with Gasteiger partial charge in [0, 0.05) is 19.1 Å². The number of hydrogen-bond donors (Lipinski definition) is 1. The summed E-state index contributed by atoms with van der Waals surface area (Å²) in [6.07, 6.45) is 0.769. The monoisotopic (exact) mass is 397 g/mol. The first-order valence-corrected chi connectivity index (χ1v) is 10.5. The summed E-state index contributed by atoms with van der Waals surface area (Å²) >= 11 is 0. The molecule has 2 rings (SSSR count). The van der Waals surface area contributed by atoms with Gasteiger partial charge in [-0.05, 0) is 31.5 Å². The number of anilines is 1. The number of nitrogens with one attached hydrogen (secondary N) is 1. The minimum absolute atomic E-state index is 0.0116. The van der Waals surface area contributed by atoms with Crippen LogP contribution in [-0.4, -0.2) is 56.8 Å². The Bertz CT molecular complexity index is 805. The van der Waals surface area contributed by atoms with E-state index in [0.717, 1.165) is 6.42 Å². The largest absolute Gasteiger partial charge is 0.482 e. The third kappa shape index (κ3) is 4.59. The molecular weight excluding hydrogens is 370 g/mol. The molecule has 1 aliphatic heterocycles. The van der Waals surface area contributed by atoms with Crippen LogP contribution in [-0.2, 0) is 19.6 Å². The molecule has 0 radical (unpaired) electrons. The first kappa shape index (κ1) is 21.2. The zero-order chi connectivity index (χ0) is 20.2. The van der Waals surface area contributed by atoms with E-state index in [-0.39, 0.29) is 35.9 Å². The van der Waals surface area contributed by atoms with E-state index in [1.807, 2.05) is 13.8 Å². The van der Waals surface area contributed by atoms with Crippen LogP contribution in [0.3, 0.4) is 0 Å². The SMILES string of the molecule is CC[C@@H](C)NC(=O)CN1C(=O)COc2ccc(S(=O)(=O)N(CC)CC)cc21. The Morgan fingerprint density at radius 2 is 1.96 bits per heavy atom. The van der Waals surface area contributed by atoms with Crippen LogP contribution in [0, 0.1) is 0 Å². The lowest BCUT2D eigenvalue weighted by atomic mass is 10.2. The number of hydrogen-bond acceptors (Lipinski definition) is 5. The summed E-state index contributed by atoms with van der Waals surface area (Å²) in [5, 5.41) is 2.81. The van der Waals surface area contributed by atoms with Crippen LogP contribution in [0.4, 0.5) is 5.69 Å². The van der Waals surface area contributed by atoms with Crippen molar-refractivity contribution < 1.29 is 22.7 Å². The minimum atomic E-state index is -3.69. The molecular formula is C18H27N3O5S. The van der Waals surface area contributed by atoms with Crippen LogP contribution in [0.15, 0.2) is 23.1 Å². The van der Waals surface area contributed by atoms with Crippen molar-refractivity contribution in [2.45, 2.75) is 45.1 Å². The molecule has 1 aromatic carbocycles. The average molecular weight is 397 g/mol. The standard InChI is InChI=1S/C18H27N3O5S/c1-5-13(4)19-17(22)11-21-15-10-14(27(24,25)20(6-2)7-3)8-9-16(15)26-12-18(21)23/h8-10,13H,5-7,11-12H2,1-4H3,(H,19,22)/t13-/m1/s1. The number of benzene rings is 1. The van der Waals surface area contributed by atoms with Gasteiger partial charge in [0.1, 0.15) is 12.3 Å². The summed E-state index contributed by atoms with van der Waals surface area (Å²) in [6.45, 7) is 7.65. The molecule has 0 fully saturated rings. The molecule has 0 bridgehead atoms. The zero-order valence-corrected chi connectivity index (χ0v) is 17.0. The second-order valence-corrected chi connectivity index (χ2v) is 8.30. The Hall–Kier alpha value is -2.13. The molecule has 27 heavy (non-hydrogen) atoms. The fraction of sp³-hybridized carbons (Fsp3) is 0.556. The van der Waals surface area contributed by atoms with Gasteiger partial charge in [-0.3, -0.25) is 14.5 Å². The van der Waals surface area contributed by atoms with Gasteiger partial charge in [-0.2, -0.15) is 4.31 Å². The number of nitrogens with zero attached hydrogens (tertiary/aromatic N) is 2. The second kappa shape index (κ2) is 8.71. The Labute approximate surface area is 160 Å². The normalized spacial score (nSPS) is 15.3. The highest BCUT2D eigenvalue weighted by Crippen LogP contribution is 2.34. The summed E-state index contributed by atoms with van der Waals surface area (Å²) in [6, 6.07) is 4.37. The van der Waals surface area contributed by atoms with Crippen LogP contribution in [0.2, 0.25) is 0 Å². The van der Waals surface area contributed by atoms with Gasteiger partial charge in [0.05, 0.1) is 10.6 Å². The highest BCUT2D eigenvalue weighted by atomic mass is 32.2. The summed E-state index contributed by atoms with van der Waals surface area (Å²) in [5.74, 6) is -0.314. The number of fused-ring (bicyclic) bond motifs is 1. The van der Waals surface area contributed by atoms with Crippen molar-refractivity contribution >= 4 is 27.5 Å². The van der Waals surface area contributed by atoms with Crippen molar-refractivity contribution in [3.8, 4) is 5.75 Å². The molecule has 0 unspecified atom stereocenters. The third-order valence-electron chi connectivity index (χ3n) is 4.54. The molecule has 9 heteroatoms. The van der Waals surface area contributed by atoms with E-state index in [9.17, 15) is 18.0 Å². The molecule has 8 nitrogen and oxygen atoms in total. The van der Waals surface area contributed by atoms with Crippen molar-refractivity contribution in [3.05, 3.63) is 18.2 Å². The first-order chi connectivity index (χ1) is 12.7. The topological polar surface area (TPSA) is 96.0 Å². The van der Waals surface area contributed by atoms with Gasteiger partial charge in [-0.25, -0.2) is 8.42 Å². The quantitative estimate of drug-likeness (QED) is 0.714. The van der Waals surface area contributed by atoms with E-state index >= 15 is 0 Å². The van der Waals surface area contributed by atoms with Crippen molar-refractivity contribution in [2.24, 2.45) is 0 Å². The van der Waals surface area contributed by atoms with Gasteiger partial charge < -0.3 is 10.1 Å². The van der Waals surface area contributed by atoms with Crippen molar-refractivity contribution in [1.29, 1.82) is 0 Å². The highest BCUT2D eigenvalue weighted by molar-refractivity contribution is 7.89. The molecule has 1 N–H and O–H groups in total. The molecule has 0 spiro atoms. The summed E-state index contributed by atoms with van der Waals surface area (Å²) in [5.41, 5.74) is 0.291. The summed E-state index contributed by atoms with van der Waals surface area (Å²) in [7, 11) is -3.69. The molecule has 1 atom stereocenters. The van der Waals surface area contributed by atoms with E-state index in [1.165, 1.54) is 27.4 Å². The van der Waals surface area contributed by atoms with Crippen LogP contribution in [0.25, 0.3) is 0 Å². The van der Waals surface area contributed by atoms with Gasteiger partial charge in [-0.15, -0.1) is 0 Å². The van der Waals surface area contributed by atoms with Gasteiger partial charge in [0.2, 0.25) is 15.9 Å². The van der Waals surface area contributed by atoms with E-state index in [4.69, 9.17) is 4.74 Å². The smallest absolute Gasteiger partial charge is 0.265 e. The number of amides is 2. The Kier molecular flexibility index (Phi) is 6.83. The fourth-order valence-corrected chi connectivity index (χ4v) is 4.27. The van der Waals surface area contributed by atoms with E-state index in [1.54, 1.807) is 13.8 Å². The molecule has 1 aliphatic rings. The third-order valence-corrected chi connectivity index (χ3v) is 6.58. The van der Waals surface area contributed by atoms with Gasteiger partial charge in [0.25, 0.3) is 5.91 Å². The van der Waals surface area contributed by atoms with Gasteiger partial charge in [-0.1, -0.05) is 20.8 Å². The second-order valence-electron chi connectivity index (χ2n) is 6.36. The van der Waals surface area contributed by atoms with E-state index in [2.05, 4.69) is 5.32 Å². The summed E-state index contributed by atoms with van der Waals surface area (Å²) < 4.78 is 32.3. The fourth-order valence-electron chi connectivity index (χ4n) is 2.79. The van der Waals surface area contributed by atoms with Crippen molar-refractivity contribution in [1.82, 2.24) is 9.62 Å². The Morgan fingerprint density at radius 3 is 2.56 bits per heavy atom. The van der Waals surface area contributed by atoms with Crippen LogP contribution >= 0.6 is 0 Å². The number of rotatable bonds is 8. The van der Waals surface area contributed by atoms with Crippen molar-refractivity contribution in [2.75, 3.05) is 31.1 Å². The average Bonchev–Trinajstić information content (AvgIpc) is 2.64. The molecule has 2 amide bonds. The number of sulfonamides is 1. The molecule has 1 aromatic rings. The molecule has 0 aliphatic carbocycles. The maximum Gasteiger partial charge on any atom is 0.265 e. The van der Waals surface area contributed by atoms with Gasteiger partial charge >= 0.3 is 0 Å². The van der Waals surface area contributed by atoms with E-state index < -0.39 is 10.0 Å². The predicted molar refractivity (Wildman–Crippen MR) is 102 cm³/mol. The molecule has 0 aromatic heterocycles. The summed E-state index contributed by atoms with van der Waals surface area (Å²) in [4.78, 5) is 25.9. The number of ether oxygens (including phenoxy) is 1. The predicted octanol–water partition coefficient (Wildman–Crippen LogP) is 1.36. The molecule has 0 saturated carbocycles. The zero-order valence-electron chi connectivity index (χ0n) is 16.2. The maximum atomic E-state index is 12.8. The number of carbonyl (C=O) groups excluding carboxylic acids is 2. The highest BCUT2D eigenvalue weighted by Gasteiger charge is 2.30. The molecule has 1 heterocycles. The van der Waals surface area contributed by atoms with E-state index in [0.29, 0.717) is 24.5 Å². The molecule has 150 valence electrons. The minimum Gasteiger partial charge on any atom is -0.482 e. The van der Waals surface area contributed by atoms with Crippen molar-refractivity contribution in [3.63, 3.8) is 0 Å².